The molecular formula is C23H27FN2O3. The number of rotatable bonds is 5. The number of phenolic OH excluding ortho intramolecular Hbond substituents is 1. The Hall–Kier alpha value is -2.89. The molecule has 154 valence electrons. The fraction of sp³-hybridized carbons (Fsp3) is 0.391. The molecule has 0 aliphatic carbocycles. The van der Waals surface area contributed by atoms with Crippen LogP contribution in [0.5, 0.6) is 5.75 Å². The number of carbonyl (C=O) groups excluding carboxylic acids is 2. The molecule has 1 aliphatic rings. The number of piperidine rings is 1. The summed E-state index contributed by atoms with van der Waals surface area (Å²) in [5.41, 5.74) is 1.10. The lowest BCUT2D eigenvalue weighted by atomic mass is 9.89. The van der Waals surface area contributed by atoms with Crippen LogP contribution in [0.1, 0.15) is 48.5 Å². The van der Waals surface area contributed by atoms with E-state index in [9.17, 15) is 19.1 Å². The fourth-order valence-corrected chi connectivity index (χ4v) is 3.75. The van der Waals surface area contributed by atoms with E-state index in [1.807, 2.05) is 26.0 Å². The molecule has 1 fully saturated rings. The van der Waals surface area contributed by atoms with Gasteiger partial charge in [0.05, 0.1) is 5.56 Å². The summed E-state index contributed by atoms with van der Waals surface area (Å²) in [4.78, 5) is 27.3. The summed E-state index contributed by atoms with van der Waals surface area (Å²) in [5.74, 6) is -0.845. The fourth-order valence-electron chi connectivity index (χ4n) is 3.75. The first kappa shape index (κ1) is 20.8. The van der Waals surface area contributed by atoms with Gasteiger partial charge in [-0.05, 0) is 54.5 Å². The van der Waals surface area contributed by atoms with Crippen LogP contribution in [0, 0.1) is 11.7 Å². The largest absolute Gasteiger partial charge is 0.508 e. The summed E-state index contributed by atoms with van der Waals surface area (Å²) in [6.45, 7) is 4.94. The highest BCUT2D eigenvalue weighted by atomic mass is 19.1. The zero-order chi connectivity index (χ0) is 21.0. The van der Waals surface area contributed by atoms with Crippen LogP contribution in [0.3, 0.4) is 0 Å². The van der Waals surface area contributed by atoms with Crippen molar-refractivity contribution in [3.8, 4) is 5.75 Å². The van der Waals surface area contributed by atoms with Crippen molar-refractivity contribution in [3.63, 3.8) is 0 Å². The van der Waals surface area contributed by atoms with Gasteiger partial charge < -0.3 is 15.3 Å². The standard InChI is InChI=1S/C23H27FN2O3/c1-15(2)21(25-22(28)19-5-3-4-6-20(19)24)23(29)26-13-11-17(12-14-26)16-7-9-18(27)10-8-16/h3-10,15,17,21,27H,11-14H2,1-2H3,(H,25,28). The average molecular weight is 398 g/mol. The molecule has 1 heterocycles. The lowest BCUT2D eigenvalue weighted by Crippen LogP contribution is -2.53. The Labute approximate surface area is 170 Å². The molecule has 6 heteroatoms. The lowest BCUT2D eigenvalue weighted by molar-refractivity contribution is -0.135. The number of nitrogens with zero attached hydrogens (tertiary/aromatic N) is 1. The Kier molecular flexibility index (Phi) is 6.52. The predicted molar refractivity (Wildman–Crippen MR) is 109 cm³/mol. The minimum absolute atomic E-state index is 0.0583. The number of hydrogen-bond acceptors (Lipinski definition) is 3. The molecule has 1 atom stereocenters. The average Bonchev–Trinajstić information content (AvgIpc) is 2.72. The number of nitrogens with one attached hydrogen (secondary N) is 1. The number of benzene rings is 2. The van der Waals surface area contributed by atoms with Crippen LogP contribution in [-0.2, 0) is 4.79 Å². The molecule has 0 bridgehead atoms. The van der Waals surface area contributed by atoms with E-state index in [1.165, 1.54) is 18.2 Å². The second-order valence-corrected chi connectivity index (χ2v) is 7.87. The minimum Gasteiger partial charge on any atom is -0.508 e. The third-order valence-electron chi connectivity index (χ3n) is 5.51. The van der Waals surface area contributed by atoms with Gasteiger partial charge in [-0.25, -0.2) is 4.39 Å². The Bertz CT molecular complexity index is 859. The van der Waals surface area contributed by atoms with Crippen LogP contribution >= 0.6 is 0 Å². The maximum atomic E-state index is 13.9. The summed E-state index contributed by atoms with van der Waals surface area (Å²) in [5, 5.41) is 12.2. The van der Waals surface area contributed by atoms with Crippen molar-refractivity contribution in [2.75, 3.05) is 13.1 Å². The molecule has 2 aromatic carbocycles. The summed E-state index contributed by atoms with van der Waals surface area (Å²) in [6.07, 6.45) is 1.64. The number of amides is 2. The van der Waals surface area contributed by atoms with Crippen LogP contribution < -0.4 is 5.32 Å². The van der Waals surface area contributed by atoms with Gasteiger partial charge in [0, 0.05) is 13.1 Å². The van der Waals surface area contributed by atoms with E-state index in [2.05, 4.69) is 5.32 Å². The van der Waals surface area contributed by atoms with Crippen molar-refractivity contribution in [3.05, 3.63) is 65.5 Å². The van der Waals surface area contributed by atoms with Crippen molar-refractivity contribution < 1.29 is 19.1 Å². The number of carbonyl (C=O) groups is 2. The van der Waals surface area contributed by atoms with Crippen LogP contribution in [-0.4, -0.2) is 41.0 Å². The van der Waals surface area contributed by atoms with E-state index in [0.29, 0.717) is 19.0 Å². The topological polar surface area (TPSA) is 69.6 Å². The summed E-state index contributed by atoms with van der Waals surface area (Å²) < 4.78 is 13.9. The van der Waals surface area contributed by atoms with Crippen LogP contribution in [0.15, 0.2) is 48.5 Å². The summed E-state index contributed by atoms with van der Waals surface area (Å²) >= 11 is 0. The predicted octanol–water partition coefficient (Wildman–Crippen LogP) is 3.69. The van der Waals surface area contributed by atoms with E-state index in [-0.39, 0.29) is 23.1 Å². The van der Waals surface area contributed by atoms with Gasteiger partial charge >= 0.3 is 0 Å². The Morgan fingerprint density at radius 2 is 1.69 bits per heavy atom. The van der Waals surface area contributed by atoms with Gasteiger partial charge in [-0.2, -0.15) is 0 Å². The molecule has 1 unspecified atom stereocenters. The zero-order valence-electron chi connectivity index (χ0n) is 16.8. The van der Waals surface area contributed by atoms with E-state index in [4.69, 9.17) is 0 Å². The first-order valence-electron chi connectivity index (χ1n) is 10.00. The highest BCUT2D eigenvalue weighted by Crippen LogP contribution is 2.29. The van der Waals surface area contributed by atoms with Crippen LogP contribution in [0.4, 0.5) is 4.39 Å². The van der Waals surface area contributed by atoms with Crippen molar-refractivity contribution in [2.24, 2.45) is 5.92 Å². The maximum absolute atomic E-state index is 13.9. The van der Waals surface area contributed by atoms with E-state index < -0.39 is 17.8 Å². The maximum Gasteiger partial charge on any atom is 0.254 e. The third kappa shape index (κ3) is 4.94. The smallest absolute Gasteiger partial charge is 0.254 e. The van der Waals surface area contributed by atoms with Gasteiger partial charge in [-0.3, -0.25) is 9.59 Å². The normalized spacial score (nSPS) is 15.9. The number of likely N-dealkylation sites (tertiary alicyclic amines) is 1. The zero-order valence-corrected chi connectivity index (χ0v) is 16.8. The first-order valence-corrected chi connectivity index (χ1v) is 10.00. The molecule has 0 saturated carbocycles. The quantitative estimate of drug-likeness (QED) is 0.807. The molecule has 0 radical (unpaired) electrons. The highest BCUT2D eigenvalue weighted by molar-refractivity contribution is 5.97. The summed E-state index contributed by atoms with van der Waals surface area (Å²) in [7, 11) is 0. The van der Waals surface area contributed by atoms with Crippen molar-refractivity contribution in [1.82, 2.24) is 10.2 Å². The molecule has 0 spiro atoms. The Morgan fingerprint density at radius 1 is 1.07 bits per heavy atom. The van der Waals surface area contributed by atoms with Gasteiger partial charge in [0.2, 0.25) is 5.91 Å². The lowest BCUT2D eigenvalue weighted by Gasteiger charge is -2.35. The number of phenols is 1. The van der Waals surface area contributed by atoms with Crippen LogP contribution in [0.25, 0.3) is 0 Å². The number of hydrogen-bond donors (Lipinski definition) is 2. The second-order valence-electron chi connectivity index (χ2n) is 7.87. The third-order valence-corrected chi connectivity index (χ3v) is 5.51. The molecule has 1 aliphatic heterocycles. The Morgan fingerprint density at radius 3 is 2.28 bits per heavy atom. The molecular weight excluding hydrogens is 371 g/mol. The van der Waals surface area contributed by atoms with Gasteiger partial charge in [0.25, 0.3) is 5.91 Å². The molecule has 2 aromatic rings. The second kappa shape index (κ2) is 9.07. The number of halogens is 1. The molecule has 3 rings (SSSR count). The molecule has 1 saturated heterocycles. The van der Waals surface area contributed by atoms with Gasteiger partial charge in [0.1, 0.15) is 17.6 Å². The minimum atomic E-state index is -0.702. The molecule has 29 heavy (non-hydrogen) atoms. The molecule has 2 N–H and O–H groups in total. The number of aromatic hydroxyl groups is 1. The monoisotopic (exact) mass is 398 g/mol. The molecule has 0 aromatic heterocycles. The Balaban J connectivity index is 1.63. The van der Waals surface area contributed by atoms with E-state index in [1.54, 1.807) is 23.1 Å². The molecule has 2 amide bonds. The van der Waals surface area contributed by atoms with Crippen molar-refractivity contribution in [1.29, 1.82) is 0 Å². The molecule has 5 nitrogen and oxygen atoms in total. The van der Waals surface area contributed by atoms with E-state index in [0.717, 1.165) is 18.4 Å². The van der Waals surface area contributed by atoms with Gasteiger partial charge in [-0.1, -0.05) is 38.1 Å². The van der Waals surface area contributed by atoms with Gasteiger partial charge in [0.15, 0.2) is 0 Å². The SMILES string of the molecule is CC(C)C(NC(=O)c1ccccc1F)C(=O)N1CCC(c2ccc(O)cc2)CC1. The first-order chi connectivity index (χ1) is 13.9. The summed E-state index contributed by atoms with van der Waals surface area (Å²) in [6, 6.07) is 12.3. The van der Waals surface area contributed by atoms with Crippen molar-refractivity contribution >= 4 is 11.8 Å². The van der Waals surface area contributed by atoms with Crippen LogP contribution in [0.2, 0.25) is 0 Å². The van der Waals surface area contributed by atoms with E-state index >= 15 is 0 Å². The highest BCUT2D eigenvalue weighted by Gasteiger charge is 2.32. The van der Waals surface area contributed by atoms with Crippen molar-refractivity contribution in [2.45, 2.75) is 38.6 Å². The van der Waals surface area contributed by atoms with Gasteiger partial charge in [-0.15, -0.1) is 0 Å².